The van der Waals surface area contributed by atoms with Crippen molar-refractivity contribution in [2.45, 2.75) is 23.8 Å². The van der Waals surface area contributed by atoms with E-state index in [-0.39, 0.29) is 6.04 Å². The lowest BCUT2D eigenvalue weighted by Gasteiger charge is -2.25. The molecule has 7 aromatic carbocycles. The van der Waals surface area contributed by atoms with Crippen molar-refractivity contribution < 1.29 is 4.42 Å². The fourth-order valence-corrected chi connectivity index (χ4v) is 9.43. The van der Waals surface area contributed by atoms with Crippen LogP contribution in [0.4, 0.5) is 0 Å². The number of rotatable bonds is 4. The van der Waals surface area contributed by atoms with E-state index in [2.05, 4.69) is 163 Å². The first kappa shape index (κ1) is 29.6. The average Bonchev–Trinajstić information content (AvgIpc) is 3.78. The number of hydrogen-bond donors (Lipinski definition) is 1. The monoisotopic (exact) mass is 684 g/mol. The standard InChI is InChI=1S/C48H32N2OS/c1-2-11-31(12-3-1)40-28-41-37-25-24-35(27-42(37)51-46(41)38-15-7-6-14-36(38)40)48-49-44(47-45(50-48)39-16-8-9-17-43(39)52-47)32-21-18-30(19-22-32)34-23-20-29-10-4-5-13-33(29)26-34/h1-2,4-11,13-28,45H,3,12H2,(H,49,50). The maximum atomic E-state index is 6.74. The Morgan fingerprint density at radius 1 is 0.635 bits per heavy atom. The van der Waals surface area contributed by atoms with Crippen LogP contribution in [0, 0.1) is 0 Å². The van der Waals surface area contributed by atoms with Gasteiger partial charge in [-0.2, -0.15) is 0 Å². The van der Waals surface area contributed by atoms with E-state index in [1.54, 1.807) is 0 Å². The first-order chi connectivity index (χ1) is 25.7. The molecule has 1 atom stereocenters. The molecule has 0 bridgehead atoms. The van der Waals surface area contributed by atoms with Gasteiger partial charge in [0.1, 0.15) is 17.0 Å². The van der Waals surface area contributed by atoms with Gasteiger partial charge in [-0.3, -0.25) is 0 Å². The van der Waals surface area contributed by atoms with Crippen LogP contribution in [-0.2, 0) is 0 Å². The van der Waals surface area contributed by atoms with Crippen molar-refractivity contribution in [2.24, 2.45) is 4.99 Å². The van der Waals surface area contributed by atoms with Crippen LogP contribution in [0.2, 0.25) is 0 Å². The first-order valence-electron chi connectivity index (χ1n) is 18.0. The van der Waals surface area contributed by atoms with Crippen LogP contribution in [0.25, 0.3) is 65.9 Å². The molecule has 0 spiro atoms. The second-order valence-electron chi connectivity index (χ2n) is 13.8. The molecule has 3 nitrogen and oxygen atoms in total. The Kier molecular flexibility index (Phi) is 6.68. The van der Waals surface area contributed by atoms with Gasteiger partial charge in [0.2, 0.25) is 0 Å². The summed E-state index contributed by atoms with van der Waals surface area (Å²) in [6, 6.07) is 50.4. The molecule has 8 aromatic rings. The lowest BCUT2D eigenvalue weighted by molar-refractivity contribution is 0.672. The first-order valence-corrected chi connectivity index (χ1v) is 18.8. The molecule has 2 aliphatic heterocycles. The predicted molar refractivity (Wildman–Crippen MR) is 219 cm³/mol. The number of benzene rings is 7. The SMILES string of the molecule is C1=CCCC(c2cc3c4ccc(C5=NC(c6ccc(-c7ccc8ccccc8c7)cc6)=C6Sc7ccccc7C6N5)cc4oc3c3ccccc23)=C1. The third-order valence-corrected chi connectivity index (χ3v) is 12.0. The molecule has 52 heavy (non-hydrogen) atoms. The van der Waals surface area contributed by atoms with Gasteiger partial charge in [0, 0.05) is 37.1 Å². The Hall–Kier alpha value is -6.10. The molecule has 3 aliphatic rings. The molecule has 1 N–H and O–H groups in total. The van der Waals surface area contributed by atoms with Crippen LogP contribution in [0.1, 0.15) is 41.1 Å². The number of hydrogen-bond acceptors (Lipinski definition) is 4. The number of nitrogens with one attached hydrogen (secondary N) is 1. The summed E-state index contributed by atoms with van der Waals surface area (Å²) in [5, 5.41) is 11.0. The van der Waals surface area contributed by atoms with Crippen LogP contribution in [0.3, 0.4) is 0 Å². The molecule has 0 fully saturated rings. The number of allylic oxidation sites excluding steroid dienone is 4. The molecule has 3 heterocycles. The normalized spacial score (nSPS) is 16.7. The zero-order chi connectivity index (χ0) is 34.2. The van der Waals surface area contributed by atoms with E-state index in [0.29, 0.717) is 0 Å². The van der Waals surface area contributed by atoms with Crippen molar-refractivity contribution in [3.63, 3.8) is 0 Å². The van der Waals surface area contributed by atoms with Gasteiger partial charge in [0.25, 0.3) is 0 Å². The minimum absolute atomic E-state index is 0.0274. The van der Waals surface area contributed by atoms with Crippen LogP contribution in [0.5, 0.6) is 0 Å². The Morgan fingerprint density at radius 2 is 1.40 bits per heavy atom. The van der Waals surface area contributed by atoms with E-state index in [9.17, 15) is 0 Å². The summed E-state index contributed by atoms with van der Waals surface area (Å²) in [5.41, 5.74) is 11.3. The highest BCUT2D eigenvalue weighted by Crippen LogP contribution is 2.52. The van der Waals surface area contributed by atoms with E-state index >= 15 is 0 Å². The molecular formula is C48H32N2OS. The maximum absolute atomic E-state index is 6.74. The summed E-state index contributed by atoms with van der Waals surface area (Å²) in [4.78, 5) is 7.90. The topological polar surface area (TPSA) is 37.5 Å². The van der Waals surface area contributed by atoms with Crippen molar-refractivity contribution in [1.29, 1.82) is 0 Å². The van der Waals surface area contributed by atoms with Crippen LogP contribution in [-0.4, -0.2) is 5.84 Å². The smallest absolute Gasteiger partial charge is 0.143 e. The molecule has 1 aliphatic carbocycles. The molecule has 4 heteroatoms. The maximum Gasteiger partial charge on any atom is 0.143 e. The van der Waals surface area contributed by atoms with Crippen molar-refractivity contribution in [3.05, 3.63) is 185 Å². The van der Waals surface area contributed by atoms with E-state index < -0.39 is 0 Å². The van der Waals surface area contributed by atoms with Gasteiger partial charge < -0.3 is 9.73 Å². The summed E-state index contributed by atoms with van der Waals surface area (Å²) in [6.07, 6.45) is 8.81. The van der Waals surface area contributed by atoms with Gasteiger partial charge in [0.05, 0.1) is 11.7 Å². The van der Waals surface area contributed by atoms with Crippen LogP contribution in [0.15, 0.2) is 177 Å². The quantitative estimate of drug-likeness (QED) is 0.200. The molecule has 1 unspecified atom stereocenters. The Labute approximate surface area is 305 Å². The van der Waals surface area contributed by atoms with E-state index in [4.69, 9.17) is 9.41 Å². The highest BCUT2D eigenvalue weighted by molar-refractivity contribution is 8.03. The van der Waals surface area contributed by atoms with E-state index in [0.717, 1.165) is 62.8 Å². The second-order valence-corrected chi connectivity index (χ2v) is 14.9. The van der Waals surface area contributed by atoms with Crippen LogP contribution >= 0.6 is 11.8 Å². The number of fused-ring (bicyclic) bond motifs is 9. The van der Waals surface area contributed by atoms with Gasteiger partial charge in [0.15, 0.2) is 0 Å². The minimum Gasteiger partial charge on any atom is -0.455 e. The molecule has 11 rings (SSSR count). The highest BCUT2D eigenvalue weighted by Gasteiger charge is 2.35. The number of thioether (sulfide) groups is 1. The second kappa shape index (κ2) is 11.7. The van der Waals surface area contributed by atoms with Gasteiger partial charge in [-0.25, -0.2) is 4.99 Å². The third-order valence-electron chi connectivity index (χ3n) is 10.8. The molecular weight excluding hydrogens is 653 g/mol. The molecule has 1 aromatic heterocycles. The Balaban J connectivity index is 1.02. The van der Waals surface area contributed by atoms with Crippen molar-refractivity contribution in [3.8, 4) is 11.1 Å². The van der Waals surface area contributed by atoms with E-state index in [1.165, 1.54) is 53.8 Å². The van der Waals surface area contributed by atoms with Gasteiger partial charge in [-0.1, -0.05) is 139 Å². The summed E-state index contributed by atoms with van der Waals surface area (Å²) < 4.78 is 6.74. The zero-order valence-electron chi connectivity index (χ0n) is 28.3. The van der Waals surface area contributed by atoms with Gasteiger partial charge >= 0.3 is 0 Å². The number of amidine groups is 1. The molecule has 246 valence electrons. The number of furan rings is 1. The molecule has 0 saturated carbocycles. The summed E-state index contributed by atoms with van der Waals surface area (Å²) >= 11 is 1.82. The largest absolute Gasteiger partial charge is 0.455 e. The van der Waals surface area contributed by atoms with Crippen molar-refractivity contribution in [2.75, 3.05) is 0 Å². The summed E-state index contributed by atoms with van der Waals surface area (Å²) in [6.45, 7) is 0. The highest BCUT2D eigenvalue weighted by atomic mass is 32.2. The van der Waals surface area contributed by atoms with Crippen molar-refractivity contribution >= 4 is 72.4 Å². The zero-order valence-corrected chi connectivity index (χ0v) is 29.1. The minimum atomic E-state index is 0.0274. The number of aliphatic imine (C=N–C) groups is 1. The fraction of sp³-hybridized carbons (Fsp3) is 0.0625. The van der Waals surface area contributed by atoms with E-state index in [1.807, 2.05) is 11.8 Å². The van der Waals surface area contributed by atoms with Crippen LogP contribution < -0.4 is 5.32 Å². The Morgan fingerprint density at radius 3 is 2.29 bits per heavy atom. The average molecular weight is 685 g/mol. The molecule has 0 saturated heterocycles. The fourth-order valence-electron chi connectivity index (χ4n) is 8.18. The Bertz CT molecular complexity index is 2910. The van der Waals surface area contributed by atoms with Gasteiger partial charge in [-0.05, 0) is 87.2 Å². The molecule has 0 amide bonds. The predicted octanol–water partition coefficient (Wildman–Crippen LogP) is 12.9. The lowest BCUT2D eigenvalue weighted by atomic mass is 9.91. The van der Waals surface area contributed by atoms with Crippen molar-refractivity contribution in [1.82, 2.24) is 5.32 Å². The van der Waals surface area contributed by atoms with Gasteiger partial charge in [-0.15, -0.1) is 0 Å². The summed E-state index contributed by atoms with van der Waals surface area (Å²) in [5.74, 6) is 0.853. The number of nitrogens with zero attached hydrogens (tertiary/aromatic N) is 1. The molecule has 0 radical (unpaired) electrons. The third kappa shape index (κ3) is 4.72. The summed E-state index contributed by atoms with van der Waals surface area (Å²) in [7, 11) is 0. The lowest BCUT2D eigenvalue weighted by Crippen LogP contribution is -2.32.